The van der Waals surface area contributed by atoms with Crippen molar-refractivity contribution in [3.63, 3.8) is 0 Å². The van der Waals surface area contributed by atoms with Crippen LogP contribution in [0.5, 0.6) is 5.75 Å². The van der Waals surface area contributed by atoms with Gasteiger partial charge < -0.3 is 4.74 Å². The lowest BCUT2D eigenvalue weighted by Crippen LogP contribution is -2.26. The van der Waals surface area contributed by atoms with Crippen molar-refractivity contribution in [3.8, 4) is 5.75 Å². The van der Waals surface area contributed by atoms with Crippen molar-refractivity contribution >= 4 is 37.6 Å². The molecule has 0 saturated carbocycles. The number of hydrogen-bond acceptors (Lipinski definition) is 3. The molecular formula is C12H17BrClNO3S. The Kier molecular flexibility index (Phi) is 6.11. The van der Waals surface area contributed by atoms with Gasteiger partial charge in [-0.05, 0) is 40.4 Å². The molecule has 0 heterocycles. The van der Waals surface area contributed by atoms with Crippen LogP contribution >= 0.6 is 27.5 Å². The summed E-state index contributed by atoms with van der Waals surface area (Å²) in [6, 6.07) is 2.97. The van der Waals surface area contributed by atoms with Gasteiger partial charge in [0, 0.05) is 11.6 Å². The quantitative estimate of drug-likeness (QED) is 0.834. The maximum absolute atomic E-state index is 12.2. The first-order chi connectivity index (χ1) is 8.77. The predicted molar refractivity (Wildman–Crippen MR) is 80.3 cm³/mol. The molecule has 0 radical (unpaired) electrons. The maximum Gasteiger partial charge on any atom is 0.244 e. The average Bonchev–Trinajstić information content (AvgIpc) is 2.27. The number of ether oxygens (including phenoxy) is 1. The summed E-state index contributed by atoms with van der Waals surface area (Å²) in [6.45, 7) is 4.45. The first kappa shape index (κ1) is 16.8. The molecule has 0 fully saturated rings. The zero-order valence-corrected chi connectivity index (χ0v) is 14.2. The smallest absolute Gasteiger partial charge is 0.244 e. The molecule has 0 amide bonds. The van der Waals surface area contributed by atoms with E-state index in [-0.39, 0.29) is 10.6 Å². The van der Waals surface area contributed by atoms with Gasteiger partial charge in [-0.25, -0.2) is 13.1 Å². The minimum Gasteiger partial charge on any atom is -0.494 e. The van der Waals surface area contributed by atoms with Gasteiger partial charge in [0.25, 0.3) is 0 Å². The second-order valence-electron chi connectivity index (χ2n) is 4.50. The van der Waals surface area contributed by atoms with Crippen LogP contribution in [0.4, 0.5) is 0 Å². The van der Waals surface area contributed by atoms with E-state index in [2.05, 4.69) is 20.7 Å². The fourth-order valence-corrected chi connectivity index (χ4v) is 3.92. The van der Waals surface area contributed by atoms with Crippen LogP contribution < -0.4 is 9.46 Å². The van der Waals surface area contributed by atoms with Crippen LogP contribution in [0.1, 0.15) is 20.3 Å². The number of halogens is 2. The van der Waals surface area contributed by atoms with Gasteiger partial charge in [-0.1, -0.05) is 25.4 Å². The van der Waals surface area contributed by atoms with E-state index in [1.54, 1.807) is 6.07 Å². The van der Waals surface area contributed by atoms with E-state index < -0.39 is 10.0 Å². The Morgan fingerprint density at radius 3 is 2.58 bits per heavy atom. The lowest BCUT2D eigenvalue weighted by Gasteiger charge is -2.13. The molecule has 108 valence electrons. The van der Waals surface area contributed by atoms with Crippen LogP contribution in [0.3, 0.4) is 0 Å². The van der Waals surface area contributed by atoms with Crippen molar-refractivity contribution in [2.45, 2.75) is 25.2 Å². The number of nitrogens with one attached hydrogen (secondary N) is 1. The standard InChI is InChI=1S/C12H17BrClNO3S/c1-8(2)4-5-15-19(16,17)11-7-9(14)6-10(13)12(11)18-3/h6-8,15H,4-5H2,1-3H3. The molecule has 0 bridgehead atoms. The van der Waals surface area contributed by atoms with E-state index in [4.69, 9.17) is 16.3 Å². The Hall–Kier alpha value is -0.300. The van der Waals surface area contributed by atoms with Crippen molar-refractivity contribution < 1.29 is 13.2 Å². The van der Waals surface area contributed by atoms with Crippen molar-refractivity contribution in [3.05, 3.63) is 21.6 Å². The Balaban J connectivity index is 3.07. The van der Waals surface area contributed by atoms with Crippen LogP contribution in [0.15, 0.2) is 21.5 Å². The van der Waals surface area contributed by atoms with Crippen molar-refractivity contribution in [1.82, 2.24) is 4.72 Å². The van der Waals surface area contributed by atoms with Crippen molar-refractivity contribution in [2.75, 3.05) is 13.7 Å². The predicted octanol–water partition coefficient (Wildman–Crippen LogP) is 3.44. The summed E-state index contributed by atoms with van der Waals surface area (Å²) in [6.07, 6.45) is 0.767. The summed E-state index contributed by atoms with van der Waals surface area (Å²) in [5.74, 6) is 0.678. The van der Waals surface area contributed by atoms with Gasteiger partial charge >= 0.3 is 0 Å². The van der Waals surface area contributed by atoms with Gasteiger partial charge in [-0.15, -0.1) is 0 Å². The third kappa shape index (κ3) is 4.63. The fraction of sp³-hybridized carbons (Fsp3) is 0.500. The number of methoxy groups -OCH3 is 1. The van der Waals surface area contributed by atoms with E-state index in [1.807, 2.05) is 13.8 Å². The third-order valence-corrected chi connectivity index (χ3v) is 4.76. The monoisotopic (exact) mass is 369 g/mol. The van der Waals surface area contributed by atoms with Gasteiger partial charge in [0.2, 0.25) is 10.0 Å². The highest BCUT2D eigenvalue weighted by Gasteiger charge is 2.22. The lowest BCUT2D eigenvalue weighted by molar-refractivity contribution is 0.399. The van der Waals surface area contributed by atoms with E-state index in [0.29, 0.717) is 22.0 Å². The molecule has 1 N–H and O–H groups in total. The Morgan fingerprint density at radius 2 is 2.05 bits per heavy atom. The summed E-state index contributed by atoms with van der Waals surface area (Å²) in [5.41, 5.74) is 0. The Labute approximate surface area is 127 Å². The summed E-state index contributed by atoms with van der Waals surface area (Å²) in [4.78, 5) is 0.0399. The molecule has 1 aromatic rings. The highest BCUT2D eigenvalue weighted by atomic mass is 79.9. The summed E-state index contributed by atoms with van der Waals surface area (Å²) < 4.78 is 32.6. The van der Waals surface area contributed by atoms with Gasteiger partial charge in [-0.3, -0.25) is 0 Å². The van der Waals surface area contributed by atoms with Gasteiger partial charge in [0.15, 0.2) is 5.75 Å². The van der Waals surface area contributed by atoms with Crippen molar-refractivity contribution in [1.29, 1.82) is 0 Å². The topological polar surface area (TPSA) is 55.4 Å². The van der Waals surface area contributed by atoms with Gasteiger partial charge in [-0.2, -0.15) is 0 Å². The molecule has 7 heteroatoms. The highest BCUT2D eigenvalue weighted by Crippen LogP contribution is 2.35. The minimum absolute atomic E-state index is 0.0399. The molecule has 0 saturated heterocycles. The second kappa shape index (κ2) is 6.92. The largest absolute Gasteiger partial charge is 0.494 e. The molecule has 1 rings (SSSR count). The Bertz CT molecular complexity index is 546. The van der Waals surface area contributed by atoms with E-state index in [1.165, 1.54) is 13.2 Å². The molecule has 0 atom stereocenters. The molecule has 0 aliphatic rings. The molecule has 0 aromatic heterocycles. The third-order valence-electron chi connectivity index (χ3n) is 2.48. The molecule has 0 unspecified atom stereocenters. The lowest BCUT2D eigenvalue weighted by atomic mass is 10.1. The van der Waals surface area contributed by atoms with Crippen molar-refractivity contribution in [2.24, 2.45) is 5.92 Å². The summed E-state index contributed by atoms with van der Waals surface area (Å²) in [7, 11) is -2.22. The normalized spacial score (nSPS) is 11.9. The molecule has 19 heavy (non-hydrogen) atoms. The molecule has 1 aromatic carbocycles. The number of rotatable bonds is 6. The van der Waals surface area contributed by atoms with Crippen LogP contribution in [-0.2, 0) is 10.0 Å². The molecule has 0 aliphatic heterocycles. The van der Waals surface area contributed by atoms with E-state index >= 15 is 0 Å². The minimum atomic E-state index is -3.63. The summed E-state index contributed by atoms with van der Waals surface area (Å²) in [5, 5.41) is 0.330. The first-order valence-corrected chi connectivity index (χ1v) is 8.46. The maximum atomic E-state index is 12.2. The van der Waals surface area contributed by atoms with Crippen LogP contribution in [0.25, 0.3) is 0 Å². The zero-order valence-electron chi connectivity index (χ0n) is 11.0. The van der Waals surface area contributed by atoms with Crippen LogP contribution in [0.2, 0.25) is 5.02 Å². The number of benzene rings is 1. The Morgan fingerprint density at radius 1 is 1.42 bits per heavy atom. The highest BCUT2D eigenvalue weighted by molar-refractivity contribution is 9.10. The first-order valence-electron chi connectivity index (χ1n) is 5.80. The van der Waals surface area contributed by atoms with Crippen LogP contribution in [0, 0.1) is 5.92 Å². The van der Waals surface area contributed by atoms with E-state index in [9.17, 15) is 8.42 Å². The average molecular weight is 371 g/mol. The SMILES string of the molecule is COc1c(Br)cc(Cl)cc1S(=O)(=O)NCCC(C)C. The van der Waals surface area contributed by atoms with Gasteiger partial charge in [0.05, 0.1) is 11.6 Å². The number of hydrogen-bond donors (Lipinski definition) is 1. The zero-order chi connectivity index (χ0) is 14.6. The number of sulfonamides is 1. The fourth-order valence-electron chi connectivity index (χ4n) is 1.49. The molecular weight excluding hydrogens is 354 g/mol. The molecule has 4 nitrogen and oxygen atoms in total. The molecule has 0 spiro atoms. The van der Waals surface area contributed by atoms with E-state index in [0.717, 1.165) is 6.42 Å². The summed E-state index contributed by atoms with van der Waals surface area (Å²) >= 11 is 9.13. The van der Waals surface area contributed by atoms with Crippen LogP contribution in [-0.4, -0.2) is 22.1 Å². The molecule has 0 aliphatic carbocycles. The van der Waals surface area contributed by atoms with Gasteiger partial charge in [0.1, 0.15) is 4.90 Å². The second-order valence-corrected chi connectivity index (χ2v) is 7.53.